The van der Waals surface area contributed by atoms with Crippen molar-refractivity contribution in [2.45, 2.75) is 12.0 Å². The highest BCUT2D eigenvalue weighted by Crippen LogP contribution is 2.38. The molecule has 1 unspecified atom stereocenters. The number of ether oxygens (including phenoxy) is 2. The molecule has 10 nitrogen and oxygen atoms in total. The van der Waals surface area contributed by atoms with E-state index in [2.05, 4.69) is 19.9 Å². The van der Waals surface area contributed by atoms with Gasteiger partial charge in [-0.15, -0.1) is 0 Å². The fourth-order valence-corrected chi connectivity index (χ4v) is 4.93. The first-order valence-corrected chi connectivity index (χ1v) is 12.3. The Balaban J connectivity index is 1.43. The monoisotopic (exact) mass is 510 g/mol. The lowest BCUT2D eigenvalue weighted by atomic mass is 9.85. The van der Waals surface area contributed by atoms with Gasteiger partial charge in [0.05, 0.1) is 48.5 Å². The Morgan fingerprint density at radius 3 is 2.83 bits per heavy atom. The van der Waals surface area contributed by atoms with Gasteiger partial charge in [0.2, 0.25) is 0 Å². The Hall–Kier alpha value is -3.18. The minimum Gasteiger partial charge on any atom is -0.499 e. The predicted molar refractivity (Wildman–Crippen MR) is 138 cm³/mol. The van der Waals surface area contributed by atoms with Crippen LogP contribution in [0.4, 0.5) is 0 Å². The molecule has 1 aliphatic carbocycles. The van der Waals surface area contributed by atoms with Crippen LogP contribution < -0.4 is 11.5 Å². The maximum absolute atomic E-state index is 6.93. The second-order valence-electron chi connectivity index (χ2n) is 9.13. The van der Waals surface area contributed by atoms with Gasteiger partial charge in [0.15, 0.2) is 5.82 Å². The summed E-state index contributed by atoms with van der Waals surface area (Å²) in [5, 5.41) is 4.82. The zero-order chi connectivity index (χ0) is 25.3. The third kappa shape index (κ3) is 4.53. The molecule has 1 fully saturated rings. The summed E-state index contributed by atoms with van der Waals surface area (Å²) >= 11 is 6.53. The summed E-state index contributed by atoms with van der Waals surface area (Å²) in [6, 6.07) is 5.81. The normalized spacial score (nSPS) is 21.1. The Bertz CT molecular complexity index is 1320. The summed E-state index contributed by atoms with van der Waals surface area (Å²) in [6.07, 6.45) is 7.37. The van der Waals surface area contributed by atoms with Crippen LogP contribution in [0.15, 0.2) is 60.0 Å². The van der Waals surface area contributed by atoms with Crippen molar-refractivity contribution in [2.24, 2.45) is 11.5 Å². The summed E-state index contributed by atoms with van der Waals surface area (Å²) in [7, 11) is 3.63. The number of fused-ring (bicyclic) bond motifs is 1. The highest BCUT2D eigenvalue weighted by molar-refractivity contribution is 6.33. The van der Waals surface area contributed by atoms with Crippen LogP contribution in [0, 0.1) is 0 Å². The molecule has 0 radical (unpaired) electrons. The van der Waals surface area contributed by atoms with Gasteiger partial charge in [0.25, 0.3) is 0 Å². The number of rotatable bonds is 7. The van der Waals surface area contributed by atoms with Gasteiger partial charge in [0.1, 0.15) is 11.3 Å². The lowest BCUT2D eigenvalue weighted by Crippen LogP contribution is -2.46. The molecule has 11 heteroatoms. The van der Waals surface area contributed by atoms with Crippen LogP contribution in [0.1, 0.15) is 12.2 Å². The first-order valence-electron chi connectivity index (χ1n) is 11.9. The van der Waals surface area contributed by atoms with E-state index in [4.69, 9.17) is 37.5 Å². The molecule has 1 saturated heterocycles. The third-order valence-corrected chi connectivity index (χ3v) is 7.09. The van der Waals surface area contributed by atoms with Gasteiger partial charge in [-0.3, -0.25) is 4.90 Å². The first-order chi connectivity index (χ1) is 17.4. The molecule has 1 aliphatic heterocycles. The number of nitrogens with two attached hydrogens (primary N) is 2. The van der Waals surface area contributed by atoms with Crippen LogP contribution in [-0.4, -0.2) is 82.9 Å². The summed E-state index contributed by atoms with van der Waals surface area (Å²) in [5.74, 6) is 0.918. The largest absolute Gasteiger partial charge is 0.499 e. The van der Waals surface area contributed by atoms with Crippen LogP contribution in [0.3, 0.4) is 0 Å². The molecule has 3 aromatic rings. The third-order valence-electron chi connectivity index (χ3n) is 6.82. The molecule has 190 valence electrons. The van der Waals surface area contributed by atoms with Crippen LogP contribution >= 0.6 is 11.6 Å². The van der Waals surface area contributed by atoms with Crippen molar-refractivity contribution in [1.29, 1.82) is 0 Å². The molecule has 4 N–H and O–H groups in total. The Morgan fingerprint density at radius 1 is 1.25 bits per heavy atom. The highest BCUT2D eigenvalue weighted by atomic mass is 35.5. The minimum atomic E-state index is -1.14. The van der Waals surface area contributed by atoms with Gasteiger partial charge >= 0.3 is 0 Å². The number of morpholine rings is 1. The molecule has 0 amide bonds. The molecule has 5 rings (SSSR count). The maximum Gasteiger partial charge on any atom is 0.157 e. The van der Waals surface area contributed by atoms with E-state index in [1.165, 1.54) is 0 Å². The standard InChI is InChI=1S/C25H31ClN8O2/c1-32(7-8-33-9-11-36-12-10-33)21-13-22(35-2)25(28,14-19(21)27)24-29-16-18(26)23(31-24)17-15-30-34-6-4-3-5-20(17)34/h3-6,13,15-16H,7-12,14,27-28H2,1-2H3. The van der Waals surface area contributed by atoms with Crippen LogP contribution in [0.5, 0.6) is 0 Å². The fraction of sp³-hybridized carbons (Fsp3) is 0.400. The highest BCUT2D eigenvalue weighted by Gasteiger charge is 2.41. The number of aromatic nitrogens is 4. The van der Waals surface area contributed by atoms with E-state index >= 15 is 0 Å². The van der Waals surface area contributed by atoms with Gasteiger partial charge in [-0.1, -0.05) is 17.7 Å². The second kappa shape index (κ2) is 10.1. The molecule has 4 heterocycles. The number of pyridine rings is 1. The summed E-state index contributed by atoms with van der Waals surface area (Å²) in [4.78, 5) is 13.8. The molecule has 1 atom stereocenters. The lowest BCUT2D eigenvalue weighted by molar-refractivity contribution is 0.0356. The quantitative estimate of drug-likeness (QED) is 0.491. The van der Waals surface area contributed by atoms with Crippen molar-refractivity contribution < 1.29 is 9.47 Å². The number of allylic oxidation sites excluding steroid dienone is 1. The average molecular weight is 511 g/mol. The Kier molecular flexibility index (Phi) is 6.85. The van der Waals surface area contributed by atoms with E-state index in [9.17, 15) is 0 Å². The van der Waals surface area contributed by atoms with Gasteiger partial charge < -0.3 is 25.8 Å². The van der Waals surface area contributed by atoms with E-state index in [1.807, 2.05) is 37.5 Å². The molecule has 0 bridgehead atoms. The molecular formula is C25H31ClN8O2. The van der Waals surface area contributed by atoms with Crippen LogP contribution in [-0.2, 0) is 15.0 Å². The van der Waals surface area contributed by atoms with Crippen molar-refractivity contribution in [2.75, 3.05) is 53.6 Å². The van der Waals surface area contributed by atoms with E-state index in [1.54, 1.807) is 24.0 Å². The summed E-state index contributed by atoms with van der Waals surface area (Å²) < 4.78 is 13.0. The van der Waals surface area contributed by atoms with Crippen molar-refractivity contribution >= 4 is 17.1 Å². The zero-order valence-electron chi connectivity index (χ0n) is 20.5. The van der Waals surface area contributed by atoms with Gasteiger partial charge in [0, 0.05) is 69.4 Å². The average Bonchev–Trinajstić information content (AvgIpc) is 3.32. The predicted octanol–water partition coefficient (Wildman–Crippen LogP) is 1.97. The number of hydrogen-bond donors (Lipinski definition) is 2. The summed E-state index contributed by atoms with van der Waals surface area (Å²) in [6.45, 7) is 5.17. The number of likely N-dealkylation sites (N-methyl/N-ethyl adjacent to an activating group) is 1. The van der Waals surface area contributed by atoms with Crippen LogP contribution in [0.2, 0.25) is 5.02 Å². The van der Waals surface area contributed by atoms with E-state index < -0.39 is 5.54 Å². The van der Waals surface area contributed by atoms with E-state index in [-0.39, 0.29) is 0 Å². The van der Waals surface area contributed by atoms with E-state index in [0.717, 1.165) is 56.2 Å². The van der Waals surface area contributed by atoms with Crippen molar-refractivity contribution in [1.82, 2.24) is 29.4 Å². The number of nitrogens with zero attached hydrogens (tertiary/aromatic N) is 6. The van der Waals surface area contributed by atoms with Crippen LogP contribution in [0.25, 0.3) is 16.8 Å². The molecular weight excluding hydrogens is 480 g/mol. The molecule has 0 spiro atoms. The molecule has 2 aliphatic rings. The molecule has 3 aromatic heterocycles. The summed E-state index contributed by atoms with van der Waals surface area (Å²) in [5.41, 5.74) is 16.1. The number of hydrogen-bond acceptors (Lipinski definition) is 9. The maximum atomic E-state index is 6.93. The lowest BCUT2D eigenvalue weighted by Gasteiger charge is -2.36. The SMILES string of the molecule is COC1=CC(N(C)CCN2CCOCC2)=C(N)CC1(N)c1ncc(Cl)c(-c2cnn3ccccc23)n1. The first kappa shape index (κ1) is 24.5. The zero-order valence-corrected chi connectivity index (χ0v) is 21.3. The van der Waals surface area contributed by atoms with Crippen molar-refractivity contribution in [3.05, 3.63) is 70.9 Å². The van der Waals surface area contributed by atoms with Crippen molar-refractivity contribution in [3.63, 3.8) is 0 Å². The Morgan fingerprint density at radius 2 is 2.06 bits per heavy atom. The van der Waals surface area contributed by atoms with Gasteiger partial charge in [-0.05, 0) is 12.1 Å². The number of halogens is 1. The second-order valence-corrected chi connectivity index (χ2v) is 9.53. The number of methoxy groups -OCH3 is 1. The molecule has 36 heavy (non-hydrogen) atoms. The smallest absolute Gasteiger partial charge is 0.157 e. The van der Waals surface area contributed by atoms with Gasteiger partial charge in [-0.25, -0.2) is 14.5 Å². The Labute approximate surface area is 215 Å². The van der Waals surface area contributed by atoms with Crippen molar-refractivity contribution in [3.8, 4) is 11.3 Å². The minimum absolute atomic E-state index is 0.305. The molecule has 0 aromatic carbocycles. The fourth-order valence-electron chi connectivity index (χ4n) is 4.73. The molecule has 0 saturated carbocycles. The topological polar surface area (TPSA) is 120 Å². The van der Waals surface area contributed by atoms with Gasteiger partial charge in [-0.2, -0.15) is 5.10 Å². The van der Waals surface area contributed by atoms with E-state index in [0.29, 0.717) is 34.4 Å².